The van der Waals surface area contributed by atoms with Crippen molar-refractivity contribution in [2.45, 2.75) is 70.4 Å². The van der Waals surface area contributed by atoms with E-state index in [1.807, 2.05) is 0 Å². The van der Waals surface area contributed by atoms with Crippen LogP contribution in [0.25, 0.3) is 0 Å². The van der Waals surface area contributed by atoms with Gasteiger partial charge in [0.2, 0.25) is 0 Å². The van der Waals surface area contributed by atoms with Gasteiger partial charge in [-0.1, -0.05) is 20.3 Å². The second-order valence-electron chi connectivity index (χ2n) is 6.51. The van der Waals surface area contributed by atoms with Gasteiger partial charge >= 0.3 is 0 Å². The minimum atomic E-state index is 0.457. The van der Waals surface area contributed by atoms with Crippen molar-refractivity contribution in [3.8, 4) is 0 Å². The molecule has 0 aliphatic carbocycles. The second kappa shape index (κ2) is 5.71. The highest BCUT2D eigenvalue weighted by Crippen LogP contribution is 2.34. The van der Waals surface area contributed by atoms with Crippen LogP contribution in [-0.4, -0.2) is 36.6 Å². The average molecular weight is 238 g/mol. The zero-order chi connectivity index (χ0) is 12.3. The van der Waals surface area contributed by atoms with E-state index in [9.17, 15) is 0 Å². The molecule has 2 heteroatoms. The molecule has 0 bridgehead atoms. The number of hydrogen-bond acceptors (Lipinski definition) is 2. The van der Waals surface area contributed by atoms with Gasteiger partial charge in [-0.05, 0) is 64.6 Å². The molecule has 0 aromatic heterocycles. The molecule has 2 atom stereocenters. The standard InChI is InChI=1S/C15H30N2/c1-13(2)15(9-6-11-16-15)10-8-14-7-4-5-12-17(14)3/h13-14,16H,4-12H2,1-3H3. The summed E-state index contributed by atoms with van der Waals surface area (Å²) in [5.41, 5.74) is 0.457. The number of hydrogen-bond donors (Lipinski definition) is 1. The third kappa shape index (κ3) is 3.03. The summed E-state index contributed by atoms with van der Waals surface area (Å²) in [4.78, 5) is 2.59. The van der Waals surface area contributed by atoms with Crippen LogP contribution in [0.1, 0.15) is 58.8 Å². The van der Waals surface area contributed by atoms with E-state index >= 15 is 0 Å². The van der Waals surface area contributed by atoms with E-state index in [1.165, 1.54) is 58.0 Å². The molecule has 17 heavy (non-hydrogen) atoms. The van der Waals surface area contributed by atoms with E-state index in [2.05, 4.69) is 31.1 Å². The zero-order valence-corrected chi connectivity index (χ0v) is 12.0. The molecule has 0 saturated carbocycles. The molecule has 2 nitrogen and oxygen atoms in total. The van der Waals surface area contributed by atoms with Crippen LogP contribution >= 0.6 is 0 Å². The molecular formula is C15H30N2. The summed E-state index contributed by atoms with van der Waals surface area (Å²) in [5.74, 6) is 0.777. The molecule has 2 saturated heterocycles. The molecule has 0 radical (unpaired) electrons. The molecule has 1 N–H and O–H groups in total. The van der Waals surface area contributed by atoms with E-state index in [1.54, 1.807) is 0 Å². The summed E-state index contributed by atoms with van der Waals surface area (Å²) in [6.07, 6.45) is 9.80. The topological polar surface area (TPSA) is 15.3 Å². The molecule has 2 heterocycles. The zero-order valence-electron chi connectivity index (χ0n) is 12.0. The Morgan fingerprint density at radius 3 is 2.71 bits per heavy atom. The van der Waals surface area contributed by atoms with Crippen molar-refractivity contribution in [2.24, 2.45) is 5.92 Å². The van der Waals surface area contributed by atoms with Gasteiger partial charge in [-0.25, -0.2) is 0 Å². The van der Waals surface area contributed by atoms with Gasteiger partial charge in [0.25, 0.3) is 0 Å². The van der Waals surface area contributed by atoms with Crippen LogP contribution in [0.2, 0.25) is 0 Å². The molecule has 2 fully saturated rings. The first-order valence-electron chi connectivity index (χ1n) is 7.59. The fourth-order valence-electron chi connectivity index (χ4n) is 3.76. The Labute approximate surface area is 107 Å². The SMILES string of the molecule is CC(C)C1(CCC2CCCCN2C)CCCN1. The molecule has 2 aliphatic rings. The van der Waals surface area contributed by atoms with Gasteiger partial charge in [0, 0.05) is 11.6 Å². The van der Waals surface area contributed by atoms with Gasteiger partial charge in [-0.2, -0.15) is 0 Å². The van der Waals surface area contributed by atoms with E-state index in [4.69, 9.17) is 0 Å². The van der Waals surface area contributed by atoms with Crippen LogP contribution in [0.3, 0.4) is 0 Å². The normalized spacial score (nSPS) is 35.6. The average Bonchev–Trinajstić information content (AvgIpc) is 2.78. The molecule has 0 amide bonds. The summed E-state index contributed by atoms with van der Waals surface area (Å²) >= 11 is 0. The van der Waals surface area contributed by atoms with Gasteiger partial charge < -0.3 is 10.2 Å². The smallest absolute Gasteiger partial charge is 0.0205 e. The molecule has 100 valence electrons. The van der Waals surface area contributed by atoms with Crippen molar-refractivity contribution in [1.82, 2.24) is 10.2 Å². The number of nitrogens with one attached hydrogen (secondary N) is 1. The molecule has 2 rings (SSSR count). The number of nitrogens with zero attached hydrogens (tertiary/aromatic N) is 1. The lowest BCUT2D eigenvalue weighted by molar-refractivity contribution is 0.148. The lowest BCUT2D eigenvalue weighted by Gasteiger charge is -2.38. The van der Waals surface area contributed by atoms with Gasteiger partial charge in [-0.15, -0.1) is 0 Å². The Bertz CT molecular complexity index is 231. The van der Waals surface area contributed by atoms with E-state index < -0.39 is 0 Å². The van der Waals surface area contributed by atoms with Crippen LogP contribution in [-0.2, 0) is 0 Å². The Balaban J connectivity index is 1.86. The molecule has 2 aliphatic heterocycles. The van der Waals surface area contributed by atoms with Crippen molar-refractivity contribution in [3.63, 3.8) is 0 Å². The van der Waals surface area contributed by atoms with Gasteiger partial charge in [0.1, 0.15) is 0 Å². The summed E-state index contributed by atoms with van der Waals surface area (Å²) in [7, 11) is 2.31. The third-order valence-corrected chi connectivity index (χ3v) is 5.23. The highest BCUT2D eigenvalue weighted by Gasteiger charge is 2.36. The Kier molecular flexibility index (Phi) is 4.48. The first kappa shape index (κ1) is 13.4. The van der Waals surface area contributed by atoms with E-state index in [0.717, 1.165) is 12.0 Å². The van der Waals surface area contributed by atoms with E-state index in [0.29, 0.717) is 5.54 Å². The fraction of sp³-hybridized carbons (Fsp3) is 1.00. The van der Waals surface area contributed by atoms with Crippen molar-refractivity contribution >= 4 is 0 Å². The van der Waals surface area contributed by atoms with Crippen LogP contribution in [0.5, 0.6) is 0 Å². The van der Waals surface area contributed by atoms with Crippen LogP contribution in [0, 0.1) is 5.92 Å². The summed E-state index contributed by atoms with van der Waals surface area (Å²) < 4.78 is 0. The predicted molar refractivity (Wildman–Crippen MR) is 74.3 cm³/mol. The Morgan fingerprint density at radius 1 is 1.29 bits per heavy atom. The maximum absolute atomic E-state index is 3.81. The number of rotatable bonds is 4. The third-order valence-electron chi connectivity index (χ3n) is 5.23. The lowest BCUT2D eigenvalue weighted by Crippen LogP contribution is -2.46. The number of piperidine rings is 1. The summed E-state index contributed by atoms with van der Waals surface area (Å²) in [5, 5.41) is 3.81. The van der Waals surface area contributed by atoms with Crippen molar-refractivity contribution < 1.29 is 0 Å². The molecule has 0 aromatic carbocycles. The predicted octanol–water partition coefficient (Wildman–Crippen LogP) is 3.03. The Morgan fingerprint density at radius 2 is 2.12 bits per heavy atom. The first-order chi connectivity index (χ1) is 8.14. The second-order valence-corrected chi connectivity index (χ2v) is 6.51. The van der Waals surface area contributed by atoms with Crippen LogP contribution < -0.4 is 5.32 Å². The maximum Gasteiger partial charge on any atom is 0.0205 e. The lowest BCUT2D eigenvalue weighted by atomic mass is 9.79. The molecule has 0 aromatic rings. The molecule has 0 spiro atoms. The maximum atomic E-state index is 3.81. The van der Waals surface area contributed by atoms with Crippen LogP contribution in [0.4, 0.5) is 0 Å². The molecule has 2 unspecified atom stereocenters. The highest BCUT2D eigenvalue weighted by molar-refractivity contribution is 4.96. The fourth-order valence-corrected chi connectivity index (χ4v) is 3.76. The first-order valence-corrected chi connectivity index (χ1v) is 7.59. The van der Waals surface area contributed by atoms with Crippen LogP contribution in [0.15, 0.2) is 0 Å². The summed E-state index contributed by atoms with van der Waals surface area (Å²) in [6.45, 7) is 7.33. The van der Waals surface area contributed by atoms with Crippen molar-refractivity contribution in [3.05, 3.63) is 0 Å². The molecular weight excluding hydrogens is 208 g/mol. The largest absolute Gasteiger partial charge is 0.311 e. The Hall–Kier alpha value is -0.0800. The number of likely N-dealkylation sites (tertiary alicyclic amines) is 1. The van der Waals surface area contributed by atoms with Gasteiger partial charge in [0.15, 0.2) is 0 Å². The monoisotopic (exact) mass is 238 g/mol. The van der Waals surface area contributed by atoms with Crippen molar-refractivity contribution in [2.75, 3.05) is 20.1 Å². The van der Waals surface area contributed by atoms with Crippen molar-refractivity contribution in [1.29, 1.82) is 0 Å². The summed E-state index contributed by atoms with van der Waals surface area (Å²) in [6, 6.07) is 0.849. The highest BCUT2D eigenvalue weighted by atomic mass is 15.1. The quantitative estimate of drug-likeness (QED) is 0.810. The minimum Gasteiger partial charge on any atom is -0.311 e. The minimum absolute atomic E-state index is 0.457. The van der Waals surface area contributed by atoms with Gasteiger partial charge in [0.05, 0.1) is 0 Å². The van der Waals surface area contributed by atoms with Gasteiger partial charge in [-0.3, -0.25) is 0 Å². The van der Waals surface area contributed by atoms with E-state index in [-0.39, 0.29) is 0 Å².